The van der Waals surface area contributed by atoms with Gasteiger partial charge in [-0.15, -0.1) is 0 Å². The van der Waals surface area contributed by atoms with Crippen LogP contribution in [0, 0.1) is 45.7 Å². The molecule has 1 aromatic heterocycles. The van der Waals surface area contributed by atoms with Crippen molar-refractivity contribution in [3.8, 4) is 5.75 Å². The van der Waals surface area contributed by atoms with Gasteiger partial charge in [0.25, 0.3) is 0 Å². The lowest BCUT2D eigenvalue weighted by molar-refractivity contribution is -0.220. The van der Waals surface area contributed by atoms with Crippen molar-refractivity contribution in [3.63, 3.8) is 0 Å². The summed E-state index contributed by atoms with van der Waals surface area (Å²) in [6.07, 6.45) is 6.29. The van der Waals surface area contributed by atoms with E-state index in [1.807, 2.05) is 6.92 Å². The zero-order valence-corrected chi connectivity index (χ0v) is 43.0. The van der Waals surface area contributed by atoms with E-state index in [-0.39, 0.29) is 79.3 Å². The molecule has 0 radical (unpaired) electrons. The van der Waals surface area contributed by atoms with E-state index in [9.17, 15) is 39.0 Å². The van der Waals surface area contributed by atoms with Crippen molar-refractivity contribution in [2.45, 2.75) is 149 Å². The Bertz CT molecular complexity index is 2670. The monoisotopic (exact) mass is 992 g/mol. The number of anilines is 1. The quantitative estimate of drug-likeness (QED) is 0.156. The summed E-state index contributed by atoms with van der Waals surface area (Å²) in [5, 5.41) is 24.0. The number of fused-ring (bicyclic) bond motifs is 6. The lowest BCUT2D eigenvalue weighted by Gasteiger charge is -2.62. The second kappa shape index (κ2) is 18.1. The van der Waals surface area contributed by atoms with Crippen LogP contribution >= 0.6 is 0 Å². The molecule has 4 saturated carbocycles. The van der Waals surface area contributed by atoms with Gasteiger partial charge in [-0.3, -0.25) is 19.2 Å². The normalized spacial score (nSPS) is 32.1. The SMILES string of the molecule is COc1c(N2CCN(C(=O)OC(C)(C)C)C(C)C2)c(F)cc2c(=O)c(C(=O)OCC(C)(C)CC(C)C(=O)OCC(=O)C3(O)C(C)CC4C5CCC6=CC(=O)C=CC6(C)C5(F)C(O)CC43C)cn(C3CC3)c12. The molecule has 15 nitrogen and oxygen atoms in total. The lowest BCUT2D eigenvalue weighted by atomic mass is 9.44. The molecule has 1 aromatic carbocycles. The van der Waals surface area contributed by atoms with Crippen LogP contribution in [0.5, 0.6) is 5.75 Å². The van der Waals surface area contributed by atoms with Crippen molar-refractivity contribution >= 4 is 46.2 Å². The fraction of sp³-hybridized carbons (Fsp3) is 0.667. The van der Waals surface area contributed by atoms with Gasteiger partial charge < -0.3 is 43.5 Å². The molecule has 1 amide bonds. The Kier molecular flexibility index (Phi) is 13.3. The molecular weight excluding hydrogens is 921 g/mol. The predicted octanol–water partition coefficient (Wildman–Crippen LogP) is 7.60. The number of allylic oxidation sites excluding steroid dienone is 4. The predicted molar refractivity (Wildman–Crippen MR) is 259 cm³/mol. The molecular formula is C54H71F2N3O12. The van der Waals surface area contributed by atoms with E-state index < -0.39 is 105 Å². The third kappa shape index (κ3) is 8.67. The number of aliphatic hydroxyl groups is 2. The number of esters is 2. The molecule has 71 heavy (non-hydrogen) atoms. The number of aliphatic hydroxyl groups excluding tert-OH is 1. The standard InChI is InChI=1S/C54H71F2N3O12/c1-29(46(64)69-27-41(62)54(67)30(2)20-38-37-15-12-32-21-34(60)16-17-51(32,9)53(37,56)40(61)24-52(38,54)10)23-50(7,8)28-70-47(65)36-26-59(33-13-14-33)42-35(44(36)63)22-39(55)43(45(42)68-11)57-18-19-58(31(3)25-57)48(66)71-49(4,5)6/h16-17,21-22,26,29-31,33,37-38,40,61,67H,12-15,18-20,23-25,27-28H2,1-11H3. The topological polar surface area (TPSA) is 191 Å². The fourth-order valence-corrected chi connectivity index (χ4v) is 13.3. The summed E-state index contributed by atoms with van der Waals surface area (Å²) in [4.78, 5) is 84.1. The van der Waals surface area contributed by atoms with Gasteiger partial charge in [-0.2, -0.15) is 0 Å². The van der Waals surface area contributed by atoms with Gasteiger partial charge in [-0.25, -0.2) is 18.4 Å². The summed E-state index contributed by atoms with van der Waals surface area (Å²) in [5.74, 6) is -5.85. The Balaban J connectivity index is 0.918. The number of carbonyl (C=O) groups excluding carboxylic acids is 5. The zero-order valence-electron chi connectivity index (χ0n) is 43.0. The third-order valence-corrected chi connectivity index (χ3v) is 17.0. The summed E-state index contributed by atoms with van der Waals surface area (Å²) < 4.78 is 58.5. The minimum absolute atomic E-state index is 0.0543. The first-order chi connectivity index (χ1) is 33.0. The van der Waals surface area contributed by atoms with Crippen molar-refractivity contribution in [2.75, 3.05) is 44.9 Å². The molecule has 6 aliphatic rings. The van der Waals surface area contributed by atoms with E-state index in [1.165, 1.54) is 25.5 Å². The average molecular weight is 992 g/mol. The number of piperazine rings is 1. The second-order valence-electron chi connectivity index (χ2n) is 23.7. The Labute approximate surface area is 413 Å². The zero-order chi connectivity index (χ0) is 52.1. The van der Waals surface area contributed by atoms with Crippen LogP contribution in [0.2, 0.25) is 0 Å². The first-order valence-corrected chi connectivity index (χ1v) is 25.1. The number of pyridine rings is 1. The average Bonchev–Trinajstić information content (AvgIpc) is 4.11. The number of nitrogens with zero attached hydrogens (tertiary/aromatic N) is 3. The molecule has 0 bridgehead atoms. The number of benzene rings is 1. The van der Waals surface area contributed by atoms with E-state index >= 15 is 8.78 Å². The highest BCUT2D eigenvalue weighted by molar-refractivity contribution is 6.01. The molecule has 388 valence electrons. The Morgan fingerprint density at radius 1 is 1.00 bits per heavy atom. The first-order valence-electron chi connectivity index (χ1n) is 25.1. The van der Waals surface area contributed by atoms with Gasteiger partial charge >= 0.3 is 18.0 Å². The van der Waals surface area contributed by atoms with Crippen molar-refractivity contribution < 1.29 is 61.9 Å². The smallest absolute Gasteiger partial charge is 0.410 e. The molecule has 10 atom stereocenters. The van der Waals surface area contributed by atoms with E-state index in [0.29, 0.717) is 30.4 Å². The van der Waals surface area contributed by atoms with Crippen LogP contribution in [0.4, 0.5) is 19.3 Å². The number of aromatic nitrogens is 1. The maximum absolute atomic E-state index is 17.6. The minimum atomic E-state index is -2.14. The van der Waals surface area contributed by atoms with Gasteiger partial charge in [0.05, 0.1) is 36.6 Å². The molecule has 2 N–H and O–H groups in total. The van der Waals surface area contributed by atoms with Crippen molar-refractivity contribution in [3.05, 3.63) is 57.7 Å². The molecule has 8 rings (SSSR count). The number of hydrogen-bond donors (Lipinski definition) is 2. The van der Waals surface area contributed by atoms with E-state index in [2.05, 4.69) is 0 Å². The number of hydrogen-bond acceptors (Lipinski definition) is 13. The van der Waals surface area contributed by atoms with Crippen LogP contribution in [0.25, 0.3) is 10.9 Å². The lowest BCUT2D eigenvalue weighted by Crippen LogP contribution is -2.69. The third-order valence-electron chi connectivity index (χ3n) is 17.0. The second-order valence-corrected chi connectivity index (χ2v) is 23.7. The molecule has 2 heterocycles. The molecule has 1 aliphatic heterocycles. The van der Waals surface area contributed by atoms with E-state index in [1.54, 1.807) is 82.8 Å². The number of rotatable bonds is 12. The van der Waals surface area contributed by atoms with Gasteiger partial charge in [0.1, 0.15) is 22.5 Å². The van der Waals surface area contributed by atoms with Gasteiger partial charge in [-0.1, -0.05) is 46.3 Å². The van der Waals surface area contributed by atoms with Crippen LogP contribution in [0.1, 0.15) is 131 Å². The van der Waals surface area contributed by atoms with Crippen molar-refractivity contribution in [2.24, 2.45) is 39.9 Å². The number of ether oxygens (including phenoxy) is 4. The summed E-state index contributed by atoms with van der Waals surface area (Å²) in [6, 6.07) is 0.697. The molecule has 5 fully saturated rings. The van der Waals surface area contributed by atoms with Crippen LogP contribution in [-0.4, -0.2) is 118 Å². The Morgan fingerprint density at radius 2 is 1.69 bits per heavy atom. The molecule has 2 aromatic rings. The number of halogens is 2. The number of alkyl halides is 1. The van der Waals surface area contributed by atoms with E-state index in [4.69, 9.17) is 18.9 Å². The van der Waals surface area contributed by atoms with Gasteiger partial charge in [0.2, 0.25) is 11.2 Å². The highest BCUT2D eigenvalue weighted by Gasteiger charge is 2.75. The summed E-state index contributed by atoms with van der Waals surface area (Å²) in [7, 11) is 1.40. The summed E-state index contributed by atoms with van der Waals surface area (Å²) in [5.41, 5.74) is -8.08. The van der Waals surface area contributed by atoms with Crippen LogP contribution < -0.4 is 15.1 Å². The Morgan fingerprint density at radius 3 is 2.32 bits per heavy atom. The largest absolute Gasteiger partial charge is 0.492 e. The molecule has 5 aliphatic carbocycles. The van der Waals surface area contributed by atoms with Crippen molar-refractivity contribution in [1.29, 1.82) is 0 Å². The number of methoxy groups -OCH3 is 1. The van der Waals surface area contributed by atoms with Gasteiger partial charge in [0.15, 0.2) is 29.6 Å². The molecule has 10 unspecified atom stereocenters. The molecule has 1 saturated heterocycles. The molecule has 17 heteroatoms. The van der Waals surface area contributed by atoms with Crippen LogP contribution in [0.3, 0.4) is 0 Å². The highest BCUT2D eigenvalue weighted by atomic mass is 19.1. The number of Topliss-reactive ketones (excluding diaryl/α,β-unsaturated/α-hetero) is 1. The van der Waals surface area contributed by atoms with Crippen molar-refractivity contribution in [1.82, 2.24) is 9.47 Å². The number of ketones is 2. The number of carbonyl (C=O) groups is 5. The Hall–Kier alpha value is -5.16. The van der Waals surface area contributed by atoms with Gasteiger partial charge in [0, 0.05) is 54.7 Å². The highest BCUT2D eigenvalue weighted by Crippen LogP contribution is 2.70. The maximum atomic E-state index is 17.6. The van der Waals surface area contributed by atoms with E-state index in [0.717, 1.165) is 18.9 Å². The van der Waals surface area contributed by atoms with Crippen LogP contribution in [0.15, 0.2) is 40.9 Å². The minimum Gasteiger partial charge on any atom is -0.492 e. The number of amides is 1. The molecule has 0 spiro atoms. The first kappa shape index (κ1) is 52.2. The summed E-state index contributed by atoms with van der Waals surface area (Å²) >= 11 is 0. The van der Waals surface area contributed by atoms with Gasteiger partial charge in [-0.05, 0) is 115 Å². The fourth-order valence-electron chi connectivity index (χ4n) is 13.3. The van der Waals surface area contributed by atoms with Crippen LogP contribution in [-0.2, 0) is 28.6 Å². The summed E-state index contributed by atoms with van der Waals surface area (Å²) in [6.45, 7) is 17.3. The maximum Gasteiger partial charge on any atom is 0.410 e.